The molecule has 0 heterocycles. The molecule has 0 aliphatic heterocycles. The molecule has 7 N–H and O–H groups in total. The Morgan fingerprint density at radius 2 is 1.39 bits per heavy atom. The number of carbonyl (C=O) groups is 6. The van der Waals surface area contributed by atoms with Crippen molar-refractivity contribution in [3.05, 3.63) is 35.9 Å². The number of ether oxygens (including phenoxy) is 1. The van der Waals surface area contributed by atoms with E-state index in [9.17, 15) is 37.1 Å². The number of aliphatic carboxylic acids is 2. The number of nitrogens with two attached hydrogens (primary N) is 1. The van der Waals surface area contributed by atoms with Crippen molar-refractivity contribution in [3.8, 4) is 0 Å². The van der Waals surface area contributed by atoms with Gasteiger partial charge in [-0.3, -0.25) is 14.4 Å². The van der Waals surface area contributed by atoms with Gasteiger partial charge in [0.1, 0.15) is 24.7 Å². The molecule has 0 saturated carbocycles. The predicted molar refractivity (Wildman–Crippen MR) is 114 cm³/mol. The van der Waals surface area contributed by atoms with Crippen molar-refractivity contribution in [1.82, 2.24) is 16.0 Å². The third kappa shape index (κ3) is 13.4. The normalized spacial score (nSPS) is 12.9. The largest absolute Gasteiger partial charge is 0.490 e. The van der Waals surface area contributed by atoms with Crippen molar-refractivity contribution in [3.63, 3.8) is 0 Å². The van der Waals surface area contributed by atoms with Gasteiger partial charge in [0.25, 0.3) is 0 Å². The Kier molecular flexibility index (Phi) is 13.0. The van der Waals surface area contributed by atoms with E-state index in [0.29, 0.717) is 0 Å². The number of halogens is 3. The topological polar surface area (TPSA) is 214 Å². The van der Waals surface area contributed by atoms with E-state index in [1.165, 1.54) is 13.8 Å². The highest BCUT2D eigenvalue weighted by molar-refractivity contribution is 5.93. The minimum Gasteiger partial charge on any atom is -0.480 e. The zero-order valence-corrected chi connectivity index (χ0v) is 19.0. The molecule has 1 aromatic rings. The van der Waals surface area contributed by atoms with Crippen LogP contribution in [0.25, 0.3) is 0 Å². The molecule has 0 unspecified atom stereocenters. The van der Waals surface area contributed by atoms with Gasteiger partial charge < -0.3 is 36.6 Å². The molecule has 0 fully saturated rings. The van der Waals surface area contributed by atoms with Gasteiger partial charge in [-0.25, -0.2) is 14.4 Å². The number of alkyl carbamates (subject to hydrolysis) is 1. The second kappa shape index (κ2) is 14.8. The molecule has 13 nitrogen and oxygen atoms in total. The molecule has 36 heavy (non-hydrogen) atoms. The Morgan fingerprint density at radius 3 is 1.83 bits per heavy atom. The average molecular weight is 522 g/mol. The fourth-order valence-corrected chi connectivity index (χ4v) is 2.11. The van der Waals surface area contributed by atoms with Crippen LogP contribution in [0.15, 0.2) is 30.3 Å². The van der Waals surface area contributed by atoms with Crippen LogP contribution in [-0.2, 0) is 35.3 Å². The zero-order chi connectivity index (χ0) is 28.1. The van der Waals surface area contributed by atoms with E-state index in [2.05, 4.69) is 16.0 Å². The van der Waals surface area contributed by atoms with Crippen molar-refractivity contribution < 1.29 is 56.9 Å². The van der Waals surface area contributed by atoms with E-state index < -0.39 is 66.5 Å². The van der Waals surface area contributed by atoms with Crippen LogP contribution in [-0.4, -0.2) is 70.3 Å². The fraction of sp³-hybridized carbons (Fsp3) is 0.400. The first-order chi connectivity index (χ1) is 16.5. The number of alkyl halides is 3. The van der Waals surface area contributed by atoms with Crippen LogP contribution in [0, 0.1) is 0 Å². The highest BCUT2D eigenvalue weighted by Crippen LogP contribution is 2.13. The van der Waals surface area contributed by atoms with Gasteiger partial charge >= 0.3 is 24.2 Å². The van der Waals surface area contributed by atoms with E-state index >= 15 is 0 Å². The van der Waals surface area contributed by atoms with E-state index in [4.69, 9.17) is 25.5 Å². The van der Waals surface area contributed by atoms with Gasteiger partial charge in [0.15, 0.2) is 0 Å². The molecule has 1 aromatic carbocycles. The number of carboxylic acid groups (broad SMARTS) is 2. The molecule has 3 atom stereocenters. The van der Waals surface area contributed by atoms with Crippen molar-refractivity contribution in [2.75, 3.05) is 0 Å². The molecule has 1 rings (SSSR count). The lowest BCUT2D eigenvalue weighted by atomic mass is 10.2. The second-order valence-electron chi connectivity index (χ2n) is 7.03. The summed E-state index contributed by atoms with van der Waals surface area (Å²) in [6.45, 7) is 2.73. The lowest BCUT2D eigenvalue weighted by molar-refractivity contribution is -0.192. The lowest BCUT2D eigenvalue weighted by Crippen LogP contribution is -2.54. The van der Waals surface area contributed by atoms with Crippen molar-refractivity contribution in [1.29, 1.82) is 0 Å². The highest BCUT2D eigenvalue weighted by Gasteiger charge is 2.38. The first-order valence-corrected chi connectivity index (χ1v) is 9.93. The summed E-state index contributed by atoms with van der Waals surface area (Å²) in [6, 6.07) is 5.28. The molecule has 4 amide bonds. The number of carbonyl (C=O) groups excluding carboxylic acids is 4. The summed E-state index contributed by atoms with van der Waals surface area (Å²) in [7, 11) is 0. The summed E-state index contributed by atoms with van der Waals surface area (Å²) < 4.78 is 36.7. The molecule has 0 saturated heterocycles. The molecule has 0 aliphatic carbocycles. The van der Waals surface area contributed by atoms with Gasteiger partial charge in [-0.05, 0) is 19.4 Å². The van der Waals surface area contributed by atoms with Crippen LogP contribution >= 0.6 is 0 Å². The SMILES string of the molecule is C[C@H](NC(=O)OCc1ccccc1)C(=O)N[C@@H](C)C(=O)N[C@@H](CC(N)=O)C(=O)O.O=C(O)C(F)(F)F. The van der Waals surface area contributed by atoms with Crippen molar-refractivity contribution >= 4 is 35.8 Å². The first kappa shape index (κ1) is 31.6. The Hall–Kier alpha value is -4.37. The van der Waals surface area contributed by atoms with E-state index in [1.54, 1.807) is 24.3 Å². The summed E-state index contributed by atoms with van der Waals surface area (Å²) in [5.74, 6) is -6.61. The van der Waals surface area contributed by atoms with Gasteiger partial charge in [-0.15, -0.1) is 0 Å². The Bertz CT molecular complexity index is 942. The predicted octanol–water partition coefficient (Wildman–Crippen LogP) is -0.116. The lowest BCUT2D eigenvalue weighted by Gasteiger charge is -2.20. The third-order valence-corrected chi connectivity index (χ3v) is 3.95. The number of amides is 4. The minimum atomic E-state index is -5.08. The van der Waals surface area contributed by atoms with Crippen LogP contribution in [0.2, 0.25) is 0 Å². The molecule has 16 heteroatoms. The number of primary amides is 1. The average Bonchev–Trinajstić information content (AvgIpc) is 2.77. The second-order valence-corrected chi connectivity index (χ2v) is 7.03. The quantitative estimate of drug-likeness (QED) is 0.241. The van der Waals surface area contributed by atoms with E-state index in [-0.39, 0.29) is 6.61 Å². The monoisotopic (exact) mass is 522 g/mol. The summed E-state index contributed by atoms with van der Waals surface area (Å²) in [4.78, 5) is 66.7. The maximum atomic E-state index is 12.1. The van der Waals surface area contributed by atoms with Crippen LogP contribution in [0.5, 0.6) is 0 Å². The smallest absolute Gasteiger partial charge is 0.480 e. The van der Waals surface area contributed by atoms with Gasteiger partial charge in [0, 0.05) is 0 Å². The van der Waals surface area contributed by atoms with Gasteiger partial charge in [0.2, 0.25) is 17.7 Å². The summed E-state index contributed by atoms with van der Waals surface area (Å²) in [5, 5.41) is 22.9. The molecule has 0 aliphatic rings. The molecular formula is C20H25F3N4O9. The third-order valence-electron chi connectivity index (χ3n) is 3.95. The van der Waals surface area contributed by atoms with Crippen LogP contribution in [0.1, 0.15) is 25.8 Å². The Balaban J connectivity index is 0.00000152. The van der Waals surface area contributed by atoms with Crippen LogP contribution in [0.3, 0.4) is 0 Å². The highest BCUT2D eigenvalue weighted by atomic mass is 19.4. The zero-order valence-electron chi connectivity index (χ0n) is 19.0. The maximum Gasteiger partial charge on any atom is 0.490 e. The fourth-order valence-electron chi connectivity index (χ4n) is 2.11. The van der Waals surface area contributed by atoms with Crippen molar-refractivity contribution in [2.45, 2.75) is 51.2 Å². The number of benzene rings is 1. The molecular weight excluding hydrogens is 497 g/mol. The van der Waals surface area contributed by atoms with Gasteiger partial charge in [0.05, 0.1) is 6.42 Å². The molecule has 0 radical (unpaired) electrons. The van der Waals surface area contributed by atoms with Crippen LogP contribution < -0.4 is 21.7 Å². The van der Waals surface area contributed by atoms with Gasteiger partial charge in [-0.2, -0.15) is 13.2 Å². The number of rotatable bonds is 10. The number of carboxylic acids is 2. The minimum absolute atomic E-state index is 0.0241. The van der Waals surface area contributed by atoms with Crippen LogP contribution in [0.4, 0.5) is 18.0 Å². The molecule has 0 spiro atoms. The number of hydrogen-bond acceptors (Lipinski definition) is 7. The standard InChI is InChI=1S/C18H24N4O7.C2HF3O2/c1-10(16(25)22-13(17(26)27)8-14(19)23)20-15(24)11(2)21-18(28)29-9-12-6-4-3-5-7-12;3-2(4,5)1(6)7/h3-7,10-11,13H,8-9H2,1-2H3,(H2,19,23)(H,20,24)(H,21,28)(H,22,25)(H,26,27);(H,6,7)/t10-,11-,13-;/m0./s1. The van der Waals surface area contributed by atoms with E-state index in [0.717, 1.165) is 5.56 Å². The summed E-state index contributed by atoms with van der Waals surface area (Å²) >= 11 is 0. The first-order valence-electron chi connectivity index (χ1n) is 9.93. The molecule has 200 valence electrons. The number of nitrogens with one attached hydrogen (secondary N) is 3. The van der Waals surface area contributed by atoms with E-state index in [1.807, 2.05) is 6.07 Å². The summed E-state index contributed by atoms with van der Waals surface area (Å²) in [6.07, 6.45) is -6.49. The Labute approximate surface area is 202 Å². The van der Waals surface area contributed by atoms with Gasteiger partial charge in [-0.1, -0.05) is 30.3 Å². The molecule has 0 bridgehead atoms. The Morgan fingerprint density at radius 1 is 0.917 bits per heavy atom. The summed E-state index contributed by atoms with van der Waals surface area (Å²) in [5.41, 5.74) is 5.71. The molecule has 0 aromatic heterocycles. The maximum absolute atomic E-state index is 12.1. The van der Waals surface area contributed by atoms with Crippen molar-refractivity contribution in [2.24, 2.45) is 5.73 Å². The number of hydrogen-bond donors (Lipinski definition) is 6.